The summed E-state index contributed by atoms with van der Waals surface area (Å²) in [5.74, 6) is 0.703. The van der Waals surface area contributed by atoms with Crippen LogP contribution in [-0.2, 0) is 4.74 Å². The number of thiocarbonyl (C=S) groups is 1. The Balaban J connectivity index is 2.19. The fourth-order valence-electron chi connectivity index (χ4n) is 2.63. The molecule has 1 aromatic rings. The van der Waals surface area contributed by atoms with Gasteiger partial charge in [0.15, 0.2) is 0 Å². The van der Waals surface area contributed by atoms with Gasteiger partial charge in [0.2, 0.25) is 0 Å². The number of nitrogens with two attached hydrogens (primary N) is 1. The maximum absolute atomic E-state index is 6.16. The predicted octanol–water partition coefficient (Wildman–Crippen LogP) is 3.70. The van der Waals surface area contributed by atoms with Gasteiger partial charge < -0.3 is 15.2 Å². The number of halogens is 1. The first-order valence-electron chi connectivity index (χ1n) is 6.57. The lowest BCUT2D eigenvalue weighted by molar-refractivity contribution is -0.0846. The van der Waals surface area contributed by atoms with Gasteiger partial charge in [0.1, 0.15) is 22.4 Å². The smallest absolute Gasteiger partial charge is 0.130 e. The summed E-state index contributed by atoms with van der Waals surface area (Å²) < 4.78 is 12.1. The van der Waals surface area contributed by atoms with E-state index >= 15 is 0 Å². The second kappa shape index (κ2) is 5.17. The Labute approximate surface area is 130 Å². The van der Waals surface area contributed by atoms with Crippen molar-refractivity contribution in [2.75, 3.05) is 0 Å². The van der Waals surface area contributed by atoms with Crippen LogP contribution >= 0.6 is 23.8 Å². The molecule has 1 unspecified atom stereocenters. The summed E-state index contributed by atoms with van der Waals surface area (Å²) in [5.41, 5.74) is 5.74. The normalized spacial score (nSPS) is 23.6. The van der Waals surface area contributed by atoms with Crippen molar-refractivity contribution in [3.05, 3.63) is 28.8 Å². The molecule has 110 valence electrons. The zero-order chi connectivity index (χ0) is 15.1. The van der Waals surface area contributed by atoms with E-state index in [9.17, 15) is 0 Å². The van der Waals surface area contributed by atoms with Crippen molar-refractivity contribution in [1.82, 2.24) is 0 Å². The van der Waals surface area contributed by atoms with E-state index in [1.54, 1.807) is 12.1 Å². The SMILES string of the molecule is CC1(C)CC(Oc2ccc(C(N)=S)c(Cl)c2)C(C)(C)O1. The van der Waals surface area contributed by atoms with Crippen LogP contribution in [0.4, 0.5) is 0 Å². The Morgan fingerprint density at radius 2 is 2.05 bits per heavy atom. The summed E-state index contributed by atoms with van der Waals surface area (Å²) in [7, 11) is 0. The fourth-order valence-corrected chi connectivity index (χ4v) is 3.13. The molecule has 2 rings (SSSR count). The van der Waals surface area contributed by atoms with Crippen LogP contribution in [0.1, 0.15) is 39.7 Å². The molecule has 1 saturated heterocycles. The number of rotatable bonds is 3. The average molecular weight is 314 g/mol. The summed E-state index contributed by atoms with van der Waals surface area (Å²) in [5, 5.41) is 0.506. The Morgan fingerprint density at radius 1 is 1.40 bits per heavy atom. The van der Waals surface area contributed by atoms with Crippen LogP contribution in [0.5, 0.6) is 5.75 Å². The van der Waals surface area contributed by atoms with E-state index < -0.39 is 0 Å². The molecule has 1 aromatic carbocycles. The van der Waals surface area contributed by atoms with E-state index in [0.29, 0.717) is 16.3 Å². The van der Waals surface area contributed by atoms with Gasteiger partial charge in [-0.05, 0) is 45.9 Å². The van der Waals surface area contributed by atoms with E-state index in [1.165, 1.54) is 0 Å². The molecule has 0 amide bonds. The molecular formula is C15H20ClNO2S. The van der Waals surface area contributed by atoms with Crippen LogP contribution in [0.25, 0.3) is 0 Å². The van der Waals surface area contributed by atoms with Crippen molar-refractivity contribution < 1.29 is 9.47 Å². The molecule has 0 aromatic heterocycles. The van der Waals surface area contributed by atoms with Gasteiger partial charge in [-0.15, -0.1) is 0 Å². The predicted molar refractivity (Wildman–Crippen MR) is 85.6 cm³/mol. The van der Waals surface area contributed by atoms with Crippen LogP contribution in [0, 0.1) is 0 Å². The van der Waals surface area contributed by atoms with E-state index in [4.69, 9.17) is 39.0 Å². The number of hydrogen-bond acceptors (Lipinski definition) is 3. The van der Waals surface area contributed by atoms with Gasteiger partial charge in [0.25, 0.3) is 0 Å². The summed E-state index contributed by atoms with van der Waals surface area (Å²) in [6, 6.07) is 5.37. The Bertz CT molecular complexity index is 543. The summed E-state index contributed by atoms with van der Waals surface area (Å²) in [4.78, 5) is 0.284. The zero-order valence-electron chi connectivity index (χ0n) is 12.2. The van der Waals surface area contributed by atoms with Crippen molar-refractivity contribution >= 4 is 28.8 Å². The van der Waals surface area contributed by atoms with Crippen molar-refractivity contribution in [3.8, 4) is 5.75 Å². The van der Waals surface area contributed by atoms with E-state index in [0.717, 1.165) is 6.42 Å². The molecule has 1 aliphatic heterocycles. The Morgan fingerprint density at radius 3 is 2.50 bits per heavy atom. The van der Waals surface area contributed by atoms with Gasteiger partial charge in [-0.3, -0.25) is 0 Å². The third-order valence-corrected chi connectivity index (χ3v) is 4.01. The number of benzene rings is 1. The topological polar surface area (TPSA) is 44.5 Å². The summed E-state index contributed by atoms with van der Waals surface area (Å²) in [6.45, 7) is 8.22. The zero-order valence-corrected chi connectivity index (χ0v) is 13.8. The molecular weight excluding hydrogens is 294 g/mol. The quantitative estimate of drug-likeness (QED) is 0.864. The first-order chi connectivity index (χ1) is 9.11. The third kappa shape index (κ3) is 3.25. The summed E-state index contributed by atoms with van der Waals surface area (Å²) >= 11 is 11.1. The maximum Gasteiger partial charge on any atom is 0.130 e. The Hall–Kier alpha value is -0.840. The fraction of sp³-hybridized carbons (Fsp3) is 0.533. The van der Waals surface area contributed by atoms with Crippen molar-refractivity contribution in [2.24, 2.45) is 5.73 Å². The number of hydrogen-bond donors (Lipinski definition) is 1. The van der Waals surface area contributed by atoms with Gasteiger partial charge in [-0.2, -0.15) is 0 Å². The van der Waals surface area contributed by atoms with Crippen LogP contribution in [0.3, 0.4) is 0 Å². The van der Waals surface area contributed by atoms with Gasteiger partial charge in [0, 0.05) is 12.0 Å². The third-order valence-electron chi connectivity index (χ3n) is 3.48. The second-order valence-corrected chi connectivity index (χ2v) is 7.13. The minimum atomic E-state index is -0.336. The van der Waals surface area contributed by atoms with Crippen molar-refractivity contribution in [3.63, 3.8) is 0 Å². The van der Waals surface area contributed by atoms with Gasteiger partial charge >= 0.3 is 0 Å². The molecule has 20 heavy (non-hydrogen) atoms. The lowest BCUT2D eigenvalue weighted by atomic mass is 9.97. The highest BCUT2D eigenvalue weighted by molar-refractivity contribution is 7.80. The highest BCUT2D eigenvalue weighted by atomic mass is 35.5. The first-order valence-corrected chi connectivity index (χ1v) is 7.35. The molecule has 2 N–H and O–H groups in total. The molecule has 1 atom stereocenters. The first kappa shape index (κ1) is 15.5. The molecule has 0 spiro atoms. The molecule has 1 heterocycles. The van der Waals surface area contributed by atoms with Crippen LogP contribution < -0.4 is 10.5 Å². The minimum absolute atomic E-state index is 0.0238. The van der Waals surface area contributed by atoms with Crippen molar-refractivity contribution in [1.29, 1.82) is 0 Å². The van der Waals surface area contributed by atoms with Crippen LogP contribution in [-0.4, -0.2) is 22.3 Å². The van der Waals surface area contributed by atoms with Crippen molar-refractivity contribution in [2.45, 2.75) is 51.4 Å². The Kier molecular flexibility index (Phi) is 4.02. The highest BCUT2D eigenvalue weighted by Crippen LogP contribution is 2.39. The van der Waals surface area contributed by atoms with Gasteiger partial charge in [-0.25, -0.2) is 0 Å². The van der Waals surface area contributed by atoms with Gasteiger partial charge in [0.05, 0.1) is 10.6 Å². The standard InChI is InChI=1S/C15H20ClNO2S/c1-14(2)8-12(15(3,4)19-14)18-9-5-6-10(13(17)20)11(16)7-9/h5-7,12H,8H2,1-4H3,(H2,17,20). The monoisotopic (exact) mass is 313 g/mol. The molecule has 1 fully saturated rings. The molecule has 5 heteroatoms. The average Bonchev–Trinajstić information content (AvgIpc) is 2.45. The molecule has 0 saturated carbocycles. The van der Waals surface area contributed by atoms with Gasteiger partial charge in [-0.1, -0.05) is 23.8 Å². The van der Waals surface area contributed by atoms with Crippen LogP contribution in [0.15, 0.2) is 18.2 Å². The maximum atomic E-state index is 6.16. The molecule has 0 aliphatic carbocycles. The van der Waals surface area contributed by atoms with E-state index in [1.807, 2.05) is 19.9 Å². The molecule has 0 radical (unpaired) electrons. The van der Waals surface area contributed by atoms with E-state index in [2.05, 4.69) is 13.8 Å². The van der Waals surface area contributed by atoms with Crippen LogP contribution in [0.2, 0.25) is 5.02 Å². The lowest BCUT2D eigenvalue weighted by Gasteiger charge is -2.27. The van der Waals surface area contributed by atoms with E-state index in [-0.39, 0.29) is 22.3 Å². The second-order valence-electron chi connectivity index (χ2n) is 6.28. The highest BCUT2D eigenvalue weighted by Gasteiger charge is 2.47. The molecule has 0 bridgehead atoms. The molecule has 1 aliphatic rings. The number of ether oxygens (including phenoxy) is 2. The lowest BCUT2D eigenvalue weighted by Crippen LogP contribution is -2.36. The largest absolute Gasteiger partial charge is 0.487 e. The summed E-state index contributed by atoms with van der Waals surface area (Å²) in [6.07, 6.45) is 0.804. The molecule has 3 nitrogen and oxygen atoms in total. The minimum Gasteiger partial charge on any atom is -0.487 e.